The van der Waals surface area contributed by atoms with Gasteiger partial charge in [0.2, 0.25) is 5.91 Å². The number of nitro benzene ring substituents is 1. The maximum atomic E-state index is 11.8. The lowest BCUT2D eigenvalue weighted by Crippen LogP contribution is -2.24. The Labute approximate surface area is 136 Å². The molecule has 0 radical (unpaired) electrons. The topological polar surface area (TPSA) is 72.2 Å². The van der Waals surface area contributed by atoms with Gasteiger partial charge in [0.1, 0.15) is 0 Å². The highest BCUT2D eigenvalue weighted by molar-refractivity contribution is 8.00. The molecule has 0 saturated heterocycles. The largest absolute Gasteiger partial charge is 0.351 e. The van der Waals surface area contributed by atoms with E-state index in [1.54, 1.807) is 6.07 Å². The molecule has 0 saturated carbocycles. The molecule has 0 aliphatic carbocycles. The van der Waals surface area contributed by atoms with E-state index in [-0.39, 0.29) is 22.4 Å². The van der Waals surface area contributed by atoms with Crippen LogP contribution in [0.5, 0.6) is 0 Å². The quantitative estimate of drug-likeness (QED) is 0.496. The van der Waals surface area contributed by atoms with Crippen LogP contribution in [0.3, 0.4) is 0 Å². The summed E-state index contributed by atoms with van der Waals surface area (Å²) in [4.78, 5) is 22.6. The summed E-state index contributed by atoms with van der Waals surface area (Å²) in [5.74, 6) is 0.0768. The molecule has 2 aromatic carbocycles. The number of carbonyl (C=O) groups is 1. The molecule has 0 atom stereocenters. The normalized spacial score (nSPS) is 10.2. The predicted molar refractivity (Wildman–Crippen MR) is 87.1 cm³/mol. The highest BCUT2D eigenvalue weighted by atomic mass is 35.5. The number of carbonyl (C=O) groups excluding carboxylic acids is 1. The molecule has 7 heteroatoms. The maximum Gasteiger partial charge on any atom is 0.270 e. The van der Waals surface area contributed by atoms with Crippen molar-refractivity contribution in [3.05, 3.63) is 69.2 Å². The summed E-state index contributed by atoms with van der Waals surface area (Å²) in [7, 11) is 0. The minimum absolute atomic E-state index is 0.0668. The van der Waals surface area contributed by atoms with E-state index in [1.165, 1.54) is 23.9 Å². The SMILES string of the molecule is O=C(CSc1ccc([N+](=O)[O-])cc1Cl)NCc1ccccc1. The number of nitrogens with one attached hydrogen (secondary N) is 1. The van der Waals surface area contributed by atoms with Crippen LogP contribution in [0.25, 0.3) is 0 Å². The summed E-state index contributed by atoms with van der Waals surface area (Å²) >= 11 is 7.22. The lowest BCUT2D eigenvalue weighted by Gasteiger charge is -2.06. The van der Waals surface area contributed by atoms with Gasteiger partial charge in [-0.05, 0) is 11.6 Å². The lowest BCUT2D eigenvalue weighted by atomic mass is 10.2. The summed E-state index contributed by atoms with van der Waals surface area (Å²) in [6.45, 7) is 0.466. The minimum Gasteiger partial charge on any atom is -0.351 e. The Morgan fingerprint density at radius 3 is 2.59 bits per heavy atom. The summed E-state index contributed by atoms with van der Waals surface area (Å²) in [6, 6.07) is 13.8. The number of benzene rings is 2. The molecule has 0 aliphatic rings. The van der Waals surface area contributed by atoms with E-state index in [1.807, 2.05) is 30.3 Å². The van der Waals surface area contributed by atoms with Crippen molar-refractivity contribution in [1.82, 2.24) is 5.32 Å². The number of nitro groups is 1. The van der Waals surface area contributed by atoms with Crippen molar-refractivity contribution in [2.75, 3.05) is 5.75 Å². The van der Waals surface area contributed by atoms with Crippen LogP contribution in [0.2, 0.25) is 5.02 Å². The first-order valence-electron chi connectivity index (χ1n) is 6.43. The molecular weight excluding hydrogens is 324 g/mol. The summed E-state index contributed by atoms with van der Waals surface area (Å²) < 4.78 is 0. The molecule has 2 aromatic rings. The van der Waals surface area contributed by atoms with E-state index in [0.717, 1.165) is 5.56 Å². The van der Waals surface area contributed by atoms with Crippen molar-refractivity contribution in [2.24, 2.45) is 0 Å². The molecule has 0 aromatic heterocycles. The molecule has 0 spiro atoms. The molecule has 0 bridgehead atoms. The Morgan fingerprint density at radius 2 is 1.95 bits per heavy atom. The number of non-ortho nitro benzene ring substituents is 1. The monoisotopic (exact) mass is 336 g/mol. The maximum absolute atomic E-state index is 11.8. The first-order chi connectivity index (χ1) is 10.6. The second-order valence-corrected chi connectivity index (χ2v) is 5.85. The van der Waals surface area contributed by atoms with Crippen LogP contribution < -0.4 is 5.32 Å². The van der Waals surface area contributed by atoms with Gasteiger partial charge >= 0.3 is 0 Å². The molecule has 2 rings (SSSR count). The van der Waals surface area contributed by atoms with Crippen LogP contribution in [-0.2, 0) is 11.3 Å². The van der Waals surface area contributed by atoms with E-state index in [0.29, 0.717) is 11.4 Å². The van der Waals surface area contributed by atoms with Gasteiger partial charge in [-0.15, -0.1) is 11.8 Å². The number of hydrogen-bond donors (Lipinski definition) is 1. The highest BCUT2D eigenvalue weighted by Crippen LogP contribution is 2.30. The second-order valence-electron chi connectivity index (χ2n) is 4.42. The number of nitrogens with zero attached hydrogens (tertiary/aromatic N) is 1. The van der Waals surface area contributed by atoms with E-state index < -0.39 is 4.92 Å². The van der Waals surface area contributed by atoms with Gasteiger partial charge in [-0.25, -0.2) is 0 Å². The lowest BCUT2D eigenvalue weighted by molar-refractivity contribution is -0.384. The van der Waals surface area contributed by atoms with Gasteiger partial charge in [0.15, 0.2) is 0 Å². The van der Waals surface area contributed by atoms with E-state index in [9.17, 15) is 14.9 Å². The molecule has 1 amide bonds. The third-order valence-electron chi connectivity index (χ3n) is 2.82. The standard InChI is InChI=1S/C15H13ClN2O3S/c16-13-8-12(18(20)21)6-7-14(13)22-10-15(19)17-9-11-4-2-1-3-5-11/h1-8H,9-10H2,(H,17,19). The zero-order valence-electron chi connectivity index (χ0n) is 11.5. The summed E-state index contributed by atoms with van der Waals surface area (Å²) in [6.07, 6.45) is 0. The van der Waals surface area contributed by atoms with Crippen LogP contribution in [0.4, 0.5) is 5.69 Å². The second kappa shape index (κ2) is 7.82. The Morgan fingerprint density at radius 1 is 1.23 bits per heavy atom. The fourth-order valence-electron chi connectivity index (χ4n) is 1.71. The van der Waals surface area contributed by atoms with Gasteiger partial charge in [0.05, 0.1) is 15.7 Å². The van der Waals surface area contributed by atoms with Crippen LogP contribution in [0.1, 0.15) is 5.56 Å². The van der Waals surface area contributed by atoms with Crippen molar-refractivity contribution in [1.29, 1.82) is 0 Å². The van der Waals surface area contributed by atoms with Crippen LogP contribution >= 0.6 is 23.4 Å². The Bertz CT molecular complexity index is 680. The molecule has 22 heavy (non-hydrogen) atoms. The van der Waals surface area contributed by atoms with E-state index in [4.69, 9.17) is 11.6 Å². The van der Waals surface area contributed by atoms with Gasteiger partial charge in [0, 0.05) is 23.6 Å². The molecule has 0 aliphatic heterocycles. The predicted octanol–water partition coefficient (Wildman–Crippen LogP) is 3.66. The third-order valence-corrected chi connectivity index (χ3v) is 4.32. The van der Waals surface area contributed by atoms with Gasteiger partial charge in [0.25, 0.3) is 5.69 Å². The molecular formula is C15H13ClN2O3S. The minimum atomic E-state index is -0.507. The van der Waals surface area contributed by atoms with Crippen molar-refractivity contribution in [3.63, 3.8) is 0 Å². The molecule has 5 nitrogen and oxygen atoms in total. The van der Waals surface area contributed by atoms with Gasteiger partial charge < -0.3 is 5.32 Å². The molecule has 0 heterocycles. The molecule has 1 N–H and O–H groups in total. The van der Waals surface area contributed by atoms with Crippen LogP contribution in [0.15, 0.2) is 53.4 Å². The van der Waals surface area contributed by atoms with Crippen molar-refractivity contribution in [3.8, 4) is 0 Å². The van der Waals surface area contributed by atoms with Gasteiger partial charge in [-0.1, -0.05) is 41.9 Å². The third kappa shape index (κ3) is 4.75. The fourth-order valence-corrected chi connectivity index (χ4v) is 2.80. The summed E-state index contributed by atoms with van der Waals surface area (Å²) in [5, 5.41) is 13.7. The van der Waals surface area contributed by atoms with Crippen molar-refractivity contribution in [2.45, 2.75) is 11.4 Å². The first-order valence-corrected chi connectivity index (χ1v) is 7.80. The highest BCUT2D eigenvalue weighted by Gasteiger charge is 2.11. The Hall–Kier alpha value is -2.05. The summed E-state index contributed by atoms with van der Waals surface area (Å²) in [5.41, 5.74) is 0.956. The van der Waals surface area contributed by atoms with Gasteiger partial charge in [-0.2, -0.15) is 0 Å². The Kier molecular flexibility index (Phi) is 5.80. The Balaban J connectivity index is 1.85. The first kappa shape index (κ1) is 16.3. The molecule has 0 fully saturated rings. The zero-order valence-corrected chi connectivity index (χ0v) is 13.1. The van der Waals surface area contributed by atoms with E-state index >= 15 is 0 Å². The molecule has 114 valence electrons. The zero-order chi connectivity index (χ0) is 15.9. The fraction of sp³-hybridized carbons (Fsp3) is 0.133. The van der Waals surface area contributed by atoms with Gasteiger partial charge in [-0.3, -0.25) is 14.9 Å². The number of amides is 1. The number of rotatable bonds is 6. The average molecular weight is 337 g/mol. The average Bonchev–Trinajstić information content (AvgIpc) is 2.52. The number of thioether (sulfide) groups is 1. The van der Waals surface area contributed by atoms with Crippen molar-refractivity contribution < 1.29 is 9.72 Å². The van der Waals surface area contributed by atoms with Crippen LogP contribution in [-0.4, -0.2) is 16.6 Å². The smallest absolute Gasteiger partial charge is 0.270 e. The number of halogens is 1. The van der Waals surface area contributed by atoms with Crippen LogP contribution in [0, 0.1) is 10.1 Å². The van der Waals surface area contributed by atoms with Crippen molar-refractivity contribution >= 4 is 35.0 Å². The van der Waals surface area contributed by atoms with E-state index in [2.05, 4.69) is 5.32 Å². The number of hydrogen-bond acceptors (Lipinski definition) is 4. The molecule has 0 unspecified atom stereocenters.